The maximum Gasteiger partial charge on any atom is 0.326 e. The van der Waals surface area contributed by atoms with Crippen LogP contribution in [0.25, 0.3) is 0 Å². The Bertz CT molecular complexity index is 1240. The van der Waals surface area contributed by atoms with E-state index >= 15 is 0 Å². The summed E-state index contributed by atoms with van der Waals surface area (Å²) < 4.78 is 38.0. The van der Waals surface area contributed by atoms with Crippen LogP contribution in [0.2, 0.25) is 0 Å². The van der Waals surface area contributed by atoms with Gasteiger partial charge in [-0.2, -0.15) is 4.31 Å². The van der Waals surface area contributed by atoms with Gasteiger partial charge in [0.2, 0.25) is 16.8 Å². The highest BCUT2D eigenvalue weighted by Crippen LogP contribution is 2.38. The van der Waals surface area contributed by atoms with Crippen LogP contribution in [0.15, 0.2) is 47.4 Å². The number of imide groups is 1. The van der Waals surface area contributed by atoms with Crippen molar-refractivity contribution < 1.29 is 27.5 Å². The van der Waals surface area contributed by atoms with Crippen molar-refractivity contribution in [2.75, 3.05) is 39.6 Å². The van der Waals surface area contributed by atoms with Gasteiger partial charge in [0, 0.05) is 26.2 Å². The van der Waals surface area contributed by atoms with Gasteiger partial charge in [0.15, 0.2) is 11.5 Å². The van der Waals surface area contributed by atoms with Crippen molar-refractivity contribution >= 4 is 22.0 Å². The number of hydrogen-bond acceptors (Lipinski definition) is 7. The van der Waals surface area contributed by atoms with Gasteiger partial charge in [-0.15, -0.1) is 0 Å². The van der Waals surface area contributed by atoms with Crippen LogP contribution in [0, 0.1) is 6.92 Å². The number of aryl methyl sites for hydroxylation is 1. The van der Waals surface area contributed by atoms with Crippen LogP contribution >= 0.6 is 0 Å². The highest BCUT2D eigenvalue weighted by atomic mass is 32.2. The second kappa shape index (κ2) is 8.26. The molecule has 0 bridgehead atoms. The minimum absolute atomic E-state index is 0.0865. The minimum atomic E-state index is -3.59. The zero-order valence-corrected chi connectivity index (χ0v) is 19.8. The molecule has 10 nitrogen and oxygen atoms in total. The summed E-state index contributed by atoms with van der Waals surface area (Å²) in [5, 5.41) is 2.79. The van der Waals surface area contributed by atoms with E-state index in [0.29, 0.717) is 30.2 Å². The summed E-state index contributed by atoms with van der Waals surface area (Å²) >= 11 is 0. The van der Waals surface area contributed by atoms with Crippen LogP contribution in [-0.2, 0) is 20.4 Å². The third kappa shape index (κ3) is 3.79. The van der Waals surface area contributed by atoms with Gasteiger partial charge in [-0.05, 0) is 43.7 Å². The topological polar surface area (TPSA) is 108 Å². The molecule has 2 saturated heterocycles. The van der Waals surface area contributed by atoms with E-state index < -0.39 is 21.6 Å². The van der Waals surface area contributed by atoms with Gasteiger partial charge < -0.3 is 14.8 Å². The van der Waals surface area contributed by atoms with E-state index in [-0.39, 0.29) is 37.4 Å². The SMILES string of the molecule is Cc1ccc(S(=O)(=O)N2CCN(CN3C(=O)N[C@@](C)(c4ccc5c(c4)OCO5)C3=O)CC2)cc1. The number of piperazine rings is 1. The molecule has 1 N–H and O–H groups in total. The van der Waals surface area contributed by atoms with E-state index in [1.54, 1.807) is 49.4 Å². The minimum Gasteiger partial charge on any atom is -0.454 e. The summed E-state index contributed by atoms with van der Waals surface area (Å²) in [7, 11) is -3.59. The summed E-state index contributed by atoms with van der Waals surface area (Å²) in [5.74, 6) is 0.760. The van der Waals surface area contributed by atoms with E-state index in [0.717, 1.165) is 5.56 Å². The molecule has 3 heterocycles. The summed E-state index contributed by atoms with van der Waals surface area (Å²) in [4.78, 5) is 29.4. The maximum absolute atomic E-state index is 13.3. The monoisotopic (exact) mass is 486 g/mol. The van der Waals surface area contributed by atoms with Crippen LogP contribution in [0.1, 0.15) is 18.1 Å². The molecule has 0 spiro atoms. The molecule has 3 aliphatic rings. The summed E-state index contributed by atoms with van der Waals surface area (Å²) in [6, 6.07) is 11.5. The van der Waals surface area contributed by atoms with Crippen molar-refractivity contribution in [3.8, 4) is 11.5 Å². The van der Waals surface area contributed by atoms with Crippen LogP contribution in [-0.4, -0.2) is 74.1 Å². The maximum atomic E-state index is 13.3. The Morgan fingerprint density at radius 1 is 0.971 bits per heavy atom. The van der Waals surface area contributed by atoms with E-state index in [1.807, 2.05) is 11.8 Å². The van der Waals surface area contributed by atoms with Gasteiger partial charge in [0.1, 0.15) is 5.54 Å². The Balaban J connectivity index is 1.25. The highest BCUT2D eigenvalue weighted by Gasteiger charge is 2.50. The van der Waals surface area contributed by atoms with Gasteiger partial charge >= 0.3 is 6.03 Å². The first-order chi connectivity index (χ1) is 16.2. The number of nitrogens with zero attached hydrogens (tertiary/aromatic N) is 3. The van der Waals surface area contributed by atoms with Crippen molar-refractivity contribution in [3.05, 3.63) is 53.6 Å². The smallest absolute Gasteiger partial charge is 0.326 e. The predicted molar refractivity (Wildman–Crippen MR) is 122 cm³/mol. The number of amides is 3. The lowest BCUT2D eigenvalue weighted by molar-refractivity contribution is -0.132. The number of urea groups is 1. The van der Waals surface area contributed by atoms with Gasteiger partial charge in [-0.1, -0.05) is 23.8 Å². The molecule has 1 atom stereocenters. The first kappa shape index (κ1) is 22.6. The molecule has 2 aromatic carbocycles. The van der Waals surface area contributed by atoms with Gasteiger partial charge in [-0.25, -0.2) is 18.1 Å². The van der Waals surface area contributed by atoms with Crippen molar-refractivity contribution in [1.82, 2.24) is 19.4 Å². The fourth-order valence-corrected chi connectivity index (χ4v) is 5.82. The molecule has 180 valence electrons. The summed E-state index contributed by atoms with van der Waals surface area (Å²) in [6.45, 7) is 5.14. The molecule has 2 fully saturated rings. The average Bonchev–Trinajstić information content (AvgIpc) is 3.38. The number of fused-ring (bicyclic) bond motifs is 1. The van der Waals surface area contributed by atoms with Crippen molar-refractivity contribution in [2.45, 2.75) is 24.3 Å². The number of rotatable bonds is 5. The lowest BCUT2D eigenvalue weighted by Crippen LogP contribution is -2.52. The molecule has 5 rings (SSSR count). The first-order valence-corrected chi connectivity index (χ1v) is 12.5. The predicted octanol–water partition coefficient (Wildman–Crippen LogP) is 1.45. The molecular weight excluding hydrogens is 460 g/mol. The molecule has 34 heavy (non-hydrogen) atoms. The molecule has 3 aliphatic heterocycles. The summed E-state index contributed by atoms with van der Waals surface area (Å²) in [6.07, 6.45) is 0. The number of carbonyl (C=O) groups excluding carboxylic acids is 2. The second-order valence-corrected chi connectivity index (χ2v) is 10.8. The largest absolute Gasteiger partial charge is 0.454 e. The zero-order chi connectivity index (χ0) is 24.1. The van der Waals surface area contributed by atoms with E-state index in [2.05, 4.69) is 5.32 Å². The molecule has 0 saturated carbocycles. The number of hydrogen-bond donors (Lipinski definition) is 1. The molecule has 3 amide bonds. The van der Waals surface area contributed by atoms with Gasteiger partial charge in [0.25, 0.3) is 5.91 Å². The quantitative estimate of drug-likeness (QED) is 0.638. The molecule has 0 unspecified atom stereocenters. The molecule has 0 aromatic heterocycles. The lowest BCUT2D eigenvalue weighted by atomic mass is 9.92. The molecular formula is C23H26N4O6S. The van der Waals surface area contributed by atoms with Gasteiger partial charge in [-0.3, -0.25) is 9.69 Å². The Morgan fingerprint density at radius 2 is 1.65 bits per heavy atom. The molecule has 2 aromatic rings. The molecule has 0 aliphatic carbocycles. The van der Waals surface area contributed by atoms with Crippen LogP contribution in [0.4, 0.5) is 4.79 Å². The fraction of sp³-hybridized carbons (Fsp3) is 0.391. The first-order valence-electron chi connectivity index (χ1n) is 11.0. The van der Waals surface area contributed by atoms with Gasteiger partial charge in [0.05, 0.1) is 11.6 Å². The Labute approximate surface area is 198 Å². The normalized spacial score (nSPS) is 23.4. The average molecular weight is 487 g/mol. The lowest BCUT2D eigenvalue weighted by Gasteiger charge is -2.35. The third-order valence-electron chi connectivity index (χ3n) is 6.56. The Kier molecular flexibility index (Phi) is 5.50. The van der Waals surface area contributed by atoms with Crippen molar-refractivity contribution in [3.63, 3.8) is 0 Å². The summed E-state index contributed by atoms with van der Waals surface area (Å²) in [5.41, 5.74) is 0.367. The van der Waals surface area contributed by atoms with Crippen molar-refractivity contribution in [1.29, 1.82) is 0 Å². The molecule has 0 radical (unpaired) electrons. The van der Waals surface area contributed by atoms with E-state index in [4.69, 9.17) is 9.47 Å². The van der Waals surface area contributed by atoms with Crippen molar-refractivity contribution in [2.24, 2.45) is 0 Å². The molecule has 11 heteroatoms. The number of sulfonamides is 1. The van der Waals surface area contributed by atoms with Crippen LogP contribution < -0.4 is 14.8 Å². The number of carbonyl (C=O) groups is 2. The highest BCUT2D eigenvalue weighted by molar-refractivity contribution is 7.89. The number of nitrogens with one attached hydrogen (secondary N) is 1. The zero-order valence-electron chi connectivity index (χ0n) is 19.0. The standard InChI is InChI=1S/C23H26N4O6S/c1-16-3-6-18(7-4-16)34(30,31)26-11-9-25(10-12-26)14-27-21(28)23(2,24-22(27)29)17-5-8-19-20(13-17)33-15-32-19/h3-8,13H,9-12,14-15H2,1-2H3,(H,24,29)/t23-/m0/s1. The number of benzene rings is 2. The van der Waals surface area contributed by atoms with E-state index in [9.17, 15) is 18.0 Å². The number of ether oxygens (including phenoxy) is 2. The third-order valence-corrected chi connectivity index (χ3v) is 8.47. The van der Waals surface area contributed by atoms with Crippen LogP contribution in [0.5, 0.6) is 11.5 Å². The van der Waals surface area contributed by atoms with E-state index in [1.165, 1.54) is 9.21 Å². The fourth-order valence-electron chi connectivity index (χ4n) is 4.40. The second-order valence-electron chi connectivity index (χ2n) is 8.83. The Hall–Kier alpha value is -3.15. The van der Waals surface area contributed by atoms with Crippen LogP contribution in [0.3, 0.4) is 0 Å². The Morgan fingerprint density at radius 3 is 2.35 bits per heavy atom.